The molecule has 0 spiro atoms. The molecule has 0 aliphatic heterocycles. The first-order chi connectivity index (χ1) is 13.4. The van der Waals surface area contributed by atoms with Crippen molar-refractivity contribution in [2.75, 3.05) is 0 Å². The molecule has 0 saturated carbocycles. The number of carbonyl (C=O) groups excluding carboxylic acids is 1. The maximum absolute atomic E-state index is 13.3. The Bertz CT molecular complexity index is 996. The second kappa shape index (κ2) is 10.1. The fourth-order valence-electron chi connectivity index (χ4n) is 2.53. The number of carbonyl (C=O) groups is 1. The predicted octanol–water partition coefficient (Wildman–Crippen LogP) is 8.33. The number of halogens is 3. The Kier molecular flexibility index (Phi) is 7.80. The Hall–Kier alpha value is -1.08. The number of rotatable bonds is 6. The number of allylic oxidation sites excluding steroid dienone is 1. The zero-order chi connectivity index (χ0) is 20.1. The van der Waals surface area contributed by atoms with Crippen LogP contribution in [0.3, 0.4) is 0 Å². The first kappa shape index (κ1) is 21.6. The number of hydrogen-bond donors (Lipinski definition) is 0. The average Bonchev–Trinajstić information content (AvgIpc) is 2.70. The highest BCUT2D eigenvalue weighted by molar-refractivity contribution is 14.1. The molecule has 0 fully saturated rings. The molecule has 0 saturated heterocycles. The number of aryl methyl sites for hydroxylation is 1. The lowest BCUT2D eigenvalue weighted by Crippen LogP contribution is -2.03. The van der Waals surface area contributed by atoms with Crippen LogP contribution in [-0.2, 0) is 5.75 Å². The summed E-state index contributed by atoms with van der Waals surface area (Å²) >= 11 is 13.3. The SMILES string of the molecule is Cc1ccc(CSC(C(=O)c2ccc(Cl)cc2)=C(I)c2ccc(Br)cc2)cc1. The fraction of sp³-hybridized carbons (Fsp3) is 0.0870. The van der Waals surface area contributed by atoms with Gasteiger partial charge in [0.25, 0.3) is 0 Å². The molecule has 0 bridgehead atoms. The Balaban J connectivity index is 1.95. The van der Waals surface area contributed by atoms with Gasteiger partial charge in [0.15, 0.2) is 5.78 Å². The lowest BCUT2D eigenvalue weighted by atomic mass is 10.1. The molecule has 0 atom stereocenters. The maximum Gasteiger partial charge on any atom is 0.200 e. The second-order valence-electron chi connectivity index (χ2n) is 6.26. The van der Waals surface area contributed by atoms with Gasteiger partial charge in [-0.1, -0.05) is 69.5 Å². The molecule has 0 radical (unpaired) electrons. The maximum atomic E-state index is 13.3. The van der Waals surface area contributed by atoms with E-state index in [-0.39, 0.29) is 5.78 Å². The minimum Gasteiger partial charge on any atom is -0.288 e. The van der Waals surface area contributed by atoms with Gasteiger partial charge in [-0.2, -0.15) is 0 Å². The molecule has 0 unspecified atom stereocenters. The van der Waals surface area contributed by atoms with E-state index < -0.39 is 0 Å². The summed E-state index contributed by atoms with van der Waals surface area (Å²) in [5, 5.41) is 0.622. The van der Waals surface area contributed by atoms with Crippen molar-refractivity contribution in [1.29, 1.82) is 0 Å². The van der Waals surface area contributed by atoms with Crippen LogP contribution < -0.4 is 0 Å². The van der Waals surface area contributed by atoms with Crippen LogP contribution in [0, 0.1) is 6.92 Å². The molecular weight excluding hydrogens is 567 g/mol. The Morgan fingerprint density at radius 2 is 1.50 bits per heavy atom. The van der Waals surface area contributed by atoms with Crippen LogP contribution in [0.5, 0.6) is 0 Å². The third-order valence-corrected chi connectivity index (χ3v) is 7.58. The van der Waals surface area contributed by atoms with Gasteiger partial charge in [-0.15, -0.1) is 11.8 Å². The number of thioether (sulfide) groups is 1. The Morgan fingerprint density at radius 1 is 0.929 bits per heavy atom. The average molecular weight is 584 g/mol. The molecule has 0 amide bonds. The van der Waals surface area contributed by atoms with Gasteiger partial charge in [0.1, 0.15) is 0 Å². The van der Waals surface area contributed by atoms with Crippen molar-refractivity contribution >= 4 is 71.2 Å². The van der Waals surface area contributed by atoms with Gasteiger partial charge in [-0.3, -0.25) is 4.79 Å². The van der Waals surface area contributed by atoms with Crippen molar-refractivity contribution in [3.05, 3.63) is 109 Å². The van der Waals surface area contributed by atoms with Crippen LogP contribution in [0.2, 0.25) is 5.02 Å². The van der Waals surface area contributed by atoms with Crippen LogP contribution in [0.4, 0.5) is 0 Å². The van der Waals surface area contributed by atoms with Crippen molar-refractivity contribution in [3.63, 3.8) is 0 Å². The third kappa shape index (κ3) is 5.72. The summed E-state index contributed by atoms with van der Waals surface area (Å²) in [4.78, 5) is 14.0. The molecule has 0 aliphatic rings. The van der Waals surface area contributed by atoms with Crippen LogP contribution in [-0.4, -0.2) is 5.78 Å². The standard InChI is InChI=1S/C23H17BrClIOS/c1-15-2-4-16(5-3-15)14-28-23(21(26)17-6-10-19(24)11-7-17)22(27)18-8-12-20(25)13-9-18/h2-13H,14H2,1H3. The third-order valence-electron chi connectivity index (χ3n) is 4.11. The quantitative estimate of drug-likeness (QED) is 0.165. The number of ketones is 1. The molecule has 3 rings (SSSR count). The lowest BCUT2D eigenvalue weighted by molar-refractivity contribution is 0.104. The number of benzene rings is 3. The number of hydrogen-bond acceptors (Lipinski definition) is 2. The van der Waals surface area contributed by atoms with Gasteiger partial charge in [-0.25, -0.2) is 0 Å². The van der Waals surface area contributed by atoms with E-state index in [4.69, 9.17) is 11.6 Å². The first-order valence-electron chi connectivity index (χ1n) is 8.58. The summed E-state index contributed by atoms with van der Waals surface area (Å²) in [6.07, 6.45) is 0. The van der Waals surface area contributed by atoms with Gasteiger partial charge < -0.3 is 0 Å². The van der Waals surface area contributed by atoms with Crippen LogP contribution in [0.1, 0.15) is 27.0 Å². The largest absolute Gasteiger partial charge is 0.288 e. The van der Waals surface area contributed by atoms with Crippen molar-refractivity contribution in [2.45, 2.75) is 12.7 Å². The molecule has 0 aliphatic carbocycles. The van der Waals surface area contributed by atoms with E-state index in [9.17, 15) is 4.79 Å². The van der Waals surface area contributed by atoms with Gasteiger partial charge in [0.2, 0.25) is 0 Å². The van der Waals surface area contributed by atoms with Gasteiger partial charge >= 0.3 is 0 Å². The van der Waals surface area contributed by atoms with E-state index in [1.165, 1.54) is 11.1 Å². The van der Waals surface area contributed by atoms with E-state index in [1.54, 1.807) is 36.0 Å². The molecule has 3 aromatic rings. The summed E-state index contributed by atoms with van der Waals surface area (Å²) in [6.45, 7) is 2.07. The minimum absolute atomic E-state index is 0.0149. The highest BCUT2D eigenvalue weighted by atomic mass is 127. The highest BCUT2D eigenvalue weighted by Crippen LogP contribution is 2.36. The van der Waals surface area contributed by atoms with Gasteiger partial charge in [-0.05, 0) is 77.0 Å². The Morgan fingerprint density at radius 3 is 2.11 bits per heavy atom. The van der Waals surface area contributed by atoms with Crippen LogP contribution >= 0.6 is 61.9 Å². The molecule has 28 heavy (non-hydrogen) atoms. The van der Waals surface area contributed by atoms with Crippen molar-refractivity contribution in [3.8, 4) is 0 Å². The smallest absolute Gasteiger partial charge is 0.200 e. The van der Waals surface area contributed by atoms with Crippen molar-refractivity contribution in [2.24, 2.45) is 0 Å². The fourth-order valence-corrected chi connectivity index (χ4v) is 4.99. The summed E-state index contributed by atoms with van der Waals surface area (Å²) in [6, 6.07) is 23.5. The predicted molar refractivity (Wildman–Crippen MR) is 133 cm³/mol. The molecule has 142 valence electrons. The lowest BCUT2D eigenvalue weighted by Gasteiger charge is -2.11. The van der Waals surface area contributed by atoms with E-state index >= 15 is 0 Å². The summed E-state index contributed by atoms with van der Waals surface area (Å²) in [7, 11) is 0. The molecule has 1 nitrogen and oxygen atoms in total. The van der Waals surface area contributed by atoms with Crippen LogP contribution in [0.25, 0.3) is 3.58 Å². The molecule has 0 N–H and O–H groups in total. The molecule has 3 aromatic carbocycles. The second-order valence-corrected chi connectivity index (χ2v) is 9.68. The van der Waals surface area contributed by atoms with E-state index in [0.29, 0.717) is 10.6 Å². The molecular formula is C23H17BrClIOS. The van der Waals surface area contributed by atoms with Crippen molar-refractivity contribution < 1.29 is 4.79 Å². The normalized spacial score (nSPS) is 11.9. The van der Waals surface area contributed by atoms with Gasteiger partial charge in [0, 0.05) is 24.4 Å². The van der Waals surface area contributed by atoms with E-state index in [2.05, 4.69) is 69.7 Å². The van der Waals surface area contributed by atoms with Gasteiger partial charge in [0.05, 0.1) is 4.91 Å². The zero-order valence-electron chi connectivity index (χ0n) is 15.1. The number of Topliss-reactive ketones (excluding diaryl/α,β-unsaturated/α-hetero) is 1. The monoisotopic (exact) mass is 582 g/mol. The summed E-state index contributed by atoms with van der Waals surface area (Å²) < 4.78 is 1.96. The molecule has 0 heterocycles. The summed E-state index contributed by atoms with van der Waals surface area (Å²) in [5.74, 6) is 0.749. The van der Waals surface area contributed by atoms with Crippen LogP contribution in [0.15, 0.2) is 82.2 Å². The molecule has 5 heteroatoms. The highest BCUT2D eigenvalue weighted by Gasteiger charge is 2.18. The van der Waals surface area contributed by atoms with Crippen molar-refractivity contribution in [1.82, 2.24) is 0 Å². The zero-order valence-corrected chi connectivity index (χ0v) is 20.4. The summed E-state index contributed by atoms with van der Waals surface area (Å²) in [5.41, 5.74) is 4.09. The Labute approximate surface area is 196 Å². The van der Waals surface area contributed by atoms with E-state index in [1.807, 2.05) is 24.3 Å². The first-order valence-corrected chi connectivity index (χ1v) is 11.8. The van der Waals surface area contributed by atoms with E-state index in [0.717, 1.165) is 24.3 Å². The topological polar surface area (TPSA) is 17.1 Å². The minimum atomic E-state index is 0.0149. The molecule has 0 aromatic heterocycles.